The number of hydrogen-bond donors (Lipinski definition) is 0. The van der Waals surface area contributed by atoms with Crippen molar-refractivity contribution in [3.8, 4) is 0 Å². The average molecular weight is 500 g/mol. The van der Waals surface area contributed by atoms with Crippen molar-refractivity contribution >= 4 is 0 Å². The standard InChI is InChI=1S/2C12H12N.2BrH/c2*1-3-7-12(8-4-1)11-13-9-5-2-6-10-13;;/h2*1-10H,11H2;2*1H/q2*+1;;/p-2. The summed E-state index contributed by atoms with van der Waals surface area (Å²) in [4.78, 5) is 0. The molecule has 4 rings (SSSR count). The highest BCUT2D eigenvalue weighted by molar-refractivity contribution is 5.13. The molecule has 4 heteroatoms. The molecule has 0 aliphatic carbocycles. The summed E-state index contributed by atoms with van der Waals surface area (Å²) in [6, 6.07) is 33.1. The minimum atomic E-state index is 0. The Morgan fingerprint density at radius 3 is 1.00 bits per heavy atom. The fourth-order valence-corrected chi connectivity index (χ4v) is 2.67. The summed E-state index contributed by atoms with van der Waals surface area (Å²) < 4.78 is 4.32. The number of rotatable bonds is 4. The first kappa shape index (κ1) is 23.7. The minimum absolute atomic E-state index is 0. The topological polar surface area (TPSA) is 7.76 Å². The fourth-order valence-electron chi connectivity index (χ4n) is 2.67. The van der Waals surface area contributed by atoms with Crippen molar-refractivity contribution in [1.82, 2.24) is 0 Å². The van der Waals surface area contributed by atoms with E-state index in [0.717, 1.165) is 13.1 Å². The second kappa shape index (κ2) is 13.8. The molecule has 2 heterocycles. The predicted octanol–water partition coefficient (Wildman–Crippen LogP) is -1.95. The van der Waals surface area contributed by atoms with E-state index in [1.165, 1.54) is 11.1 Å². The Morgan fingerprint density at radius 1 is 0.393 bits per heavy atom. The number of hydrogen-bond acceptors (Lipinski definition) is 0. The first-order chi connectivity index (χ1) is 12.9. The van der Waals surface area contributed by atoms with Gasteiger partial charge in [-0.25, -0.2) is 9.13 Å². The maximum atomic E-state index is 2.16. The Bertz CT molecular complexity index is 719. The van der Waals surface area contributed by atoms with E-state index in [2.05, 4.69) is 82.5 Å². The zero-order valence-corrected chi connectivity index (χ0v) is 18.8. The molecule has 2 nitrogen and oxygen atoms in total. The highest BCUT2D eigenvalue weighted by Gasteiger charge is 1.99. The van der Waals surface area contributed by atoms with Crippen molar-refractivity contribution in [2.75, 3.05) is 0 Å². The summed E-state index contributed by atoms with van der Waals surface area (Å²) in [5.41, 5.74) is 2.66. The second-order valence-corrected chi connectivity index (χ2v) is 6.07. The molecule has 2 aromatic carbocycles. The minimum Gasteiger partial charge on any atom is -1.00 e. The van der Waals surface area contributed by atoms with Gasteiger partial charge < -0.3 is 34.0 Å². The van der Waals surface area contributed by atoms with E-state index >= 15 is 0 Å². The van der Waals surface area contributed by atoms with Crippen LogP contribution in [0.3, 0.4) is 0 Å². The second-order valence-electron chi connectivity index (χ2n) is 6.07. The summed E-state index contributed by atoms with van der Waals surface area (Å²) in [5.74, 6) is 0. The monoisotopic (exact) mass is 498 g/mol. The van der Waals surface area contributed by atoms with E-state index in [-0.39, 0.29) is 34.0 Å². The molecule has 0 atom stereocenters. The molecular weight excluding hydrogens is 476 g/mol. The molecule has 0 saturated carbocycles. The van der Waals surface area contributed by atoms with E-state index in [9.17, 15) is 0 Å². The van der Waals surface area contributed by atoms with Gasteiger partial charge in [-0.1, -0.05) is 72.8 Å². The maximum Gasteiger partial charge on any atom is 0.173 e. The van der Waals surface area contributed by atoms with Crippen LogP contribution in [0.15, 0.2) is 122 Å². The Hall–Kier alpha value is -2.30. The van der Waals surface area contributed by atoms with Crippen molar-refractivity contribution < 1.29 is 43.1 Å². The number of pyridine rings is 2. The molecule has 0 aliphatic heterocycles. The molecule has 2 aromatic heterocycles. The largest absolute Gasteiger partial charge is 1.00 e. The summed E-state index contributed by atoms with van der Waals surface area (Å²) in [7, 11) is 0. The molecule has 0 N–H and O–H groups in total. The van der Waals surface area contributed by atoms with Crippen molar-refractivity contribution in [3.05, 3.63) is 133 Å². The van der Waals surface area contributed by atoms with Gasteiger partial charge in [0.05, 0.1) is 0 Å². The third-order valence-electron chi connectivity index (χ3n) is 3.97. The molecule has 28 heavy (non-hydrogen) atoms. The van der Waals surface area contributed by atoms with Crippen LogP contribution in [0, 0.1) is 0 Å². The summed E-state index contributed by atoms with van der Waals surface area (Å²) >= 11 is 0. The van der Waals surface area contributed by atoms with E-state index < -0.39 is 0 Å². The van der Waals surface area contributed by atoms with Crippen LogP contribution < -0.4 is 43.1 Å². The summed E-state index contributed by atoms with van der Waals surface area (Å²) in [5, 5.41) is 0. The zero-order chi connectivity index (χ0) is 17.9. The van der Waals surface area contributed by atoms with E-state index in [1.807, 2.05) is 48.5 Å². The molecule has 0 amide bonds. The molecule has 0 unspecified atom stereocenters. The summed E-state index contributed by atoms with van der Waals surface area (Å²) in [6.07, 6.45) is 8.31. The maximum absolute atomic E-state index is 2.16. The van der Waals surface area contributed by atoms with Gasteiger partial charge in [-0.2, -0.15) is 0 Å². The highest BCUT2D eigenvalue weighted by atomic mass is 79.9. The van der Waals surface area contributed by atoms with Gasteiger partial charge in [0, 0.05) is 35.4 Å². The Labute approximate surface area is 188 Å². The first-order valence-corrected chi connectivity index (χ1v) is 8.86. The zero-order valence-electron chi connectivity index (χ0n) is 15.6. The van der Waals surface area contributed by atoms with Gasteiger partial charge in [-0.15, -0.1) is 0 Å². The Kier molecular flexibility index (Phi) is 11.7. The van der Waals surface area contributed by atoms with Crippen LogP contribution in [-0.4, -0.2) is 0 Å². The van der Waals surface area contributed by atoms with Crippen molar-refractivity contribution in [2.45, 2.75) is 13.1 Å². The molecule has 0 radical (unpaired) electrons. The number of aromatic nitrogens is 2. The van der Waals surface area contributed by atoms with E-state index in [1.54, 1.807) is 0 Å². The Morgan fingerprint density at radius 2 is 0.679 bits per heavy atom. The Balaban J connectivity index is 0.000000261. The van der Waals surface area contributed by atoms with Crippen LogP contribution in [0.1, 0.15) is 11.1 Å². The van der Waals surface area contributed by atoms with Crippen LogP contribution in [0.2, 0.25) is 0 Å². The average Bonchev–Trinajstić information content (AvgIpc) is 2.72. The molecule has 0 aliphatic rings. The third-order valence-corrected chi connectivity index (χ3v) is 3.97. The van der Waals surface area contributed by atoms with Gasteiger partial charge in [0.1, 0.15) is 0 Å². The number of halogens is 2. The van der Waals surface area contributed by atoms with Crippen LogP contribution >= 0.6 is 0 Å². The number of nitrogens with zero attached hydrogens (tertiary/aromatic N) is 2. The lowest BCUT2D eigenvalue weighted by molar-refractivity contribution is -0.688. The van der Waals surface area contributed by atoms with Gasteiger partial charge in [-0.05, 0) is 0 Å². The van der Waals surface area contributed by atoms with Gasteiger partial charge in [0.2, 0.25) is 0 Å². The molecule has 0 saturated heterocycles. The van der Waals surface area contributed by atoms with Crippen LogP contribution in [0.5, 0.6) is 0 Å². The quantitative estimate of drug-likeness (QED) is 0.288. The molecule has 4 aromatic rings. The first-order valence-electron chi connectivity index (χ1n) is 8.86. The summed E-state index contributed by atoms with van der Waals surface area (Å²) in [6.45, 7) is 1.89. The van der Waals surface area contributed by atoms with E-state index in [0.29, 0.717) is 0 Å². The van der Waals surface area contributed by atoms with E-state index in [4.69, 9.17) is 0 Å². The van der Waals surface area contributed by atoms with Crippen LogP contribution in [0.4, 0.5) is 0 Å². The third kappa shape index (κ3) is 8.59. The SMILES string of the molecule is [Br-].[Br-].c1ccc(C[n+]2ccccc2)cc1.c1ccc(C[n+]2ccccc2)cc1. The molecule has 0 fully saturated rings. The molecule has 0 spiro atoms. The van der Waals surface area contributed by atoms with Gasteiger partial charge in [0.25, 0.3) is 0 Å². The van der Waals surface area contributed by atoms with Crippen molar-refractivity contribution in [1.29, 1.82) is 0 Å². The van der Waals surface area contributed by atoms with Gasteiger partial charge in [-0.3, -0.25) is 0 Å². The van der Waals surface area contributed by atoms with Crippen LogP contribution in [0.25, 0.3) is 0 Å². The molecule has 144 valence electrons. The highest BCUT2D eigenvalue weighted by Crippen LogP contribution is 1.97. The molecular formula is C24H24Br2N2. The molecule has 0 bridgehead atoms. The van der Waals surface area contributed by atoms with Gasteiger partial charge in [0.15, 0.2) is 37.9 Å². The predicted molar refractivity (Wildman–Crippen MR) is 104 cm³/mol. The van der Waals surface area contributed by atoms with Gasteiger partial charge >= 0.3 is 0 Å². The van der Waals surface area contributed by atoms with Crippen molar-refractivity contribution in [2.24, 2.45) is 0 Å². The lowest BCUT2D eigenvalue weighted by atomic mass is 10.2. The lowest BCUT2D eigenvalue weighted by Gasteiger charge is -1.95. The normalized spacial score (nSPS) is 9.14. The lowest BCUT2D eigenvalue weighted by Crippen LogP contribution is -3.00. The van der Waals surface area contributed by atoms with Crippen molar-refractivity contribution in [3.63, 3.8) is 0 Å². The fraction of sp³-hybridized carbons (Fsp3) is 0.0833. The number of benzene rings is 2. The van der Waals surface area contributed by atoms with Crippen LogP contribution in [-0.2, 0) is 13.1 Å². The smallest absolute Gasteiger partial charge is 0.173 e.